The number of amides is 1. The standard InChI is InChI=1S/C11H20Cl2N2O/c1-7(2)4-9-5-14-8(3)6-15(9)11(16)10(12)13/h7-10,14H,4-6H2,1-3H3. The molecule has 0 bridgehead atoms. The molecule has 5 heteroatoms. The van der Waals surface area contributed by atoms with Crippen molar-refractivity contribution >= 4 is 29.1 Å². The Bertz CT molecular complexity index is 246. The Morgan fingerprint density at radius 3 is 2.62 bits per heavy atom. The maximum absolute atomic E-state index is 11.9. The van der Waals surface area contributed by atoms with Crippen LogP contribution >= 0.6 is 23.2 Å². The lowest BCUT2D eigenvalue weighted by Crippen LogP contribution is -2.58. The second-order valence-corrected chi connectivity index (χ2v) is 5.98. The summed E-state index contributed by atoms with van der Waals surface area (Å²) in [5.41, 5.74) is 0. The van der Waals surface area contributed by atoms with E-state index < -0.39 is 4.84 Å². The third kappa shape index (κ3) is 3.79. The molecule has 0 radical (unpaired) electrons. The monoisotopic (exact) mass is 266 g/mol. The Kier molecular flexibility index (Phi) is 5.35. The van der Waals surface area contributed by atoms with E-state index in [1.807, 2.05) is 4.90 Å². The zero-order chi connectivity index (χ0) is 12.3. The van der Waals surface area contributed by atoms with Gasteiger partial charge in [-0.25, -0.2) is 0 Å². The van der Waals surface area contributed by atoms with Gasteiger partial charge in [-0.15, -0.1) is 0 Å². The Morgan fingerprint density at radius 2 is 2.12 bits per heavy atom. The molecule has 0 aromatic carbocycles. The number of nitrogens with one attached hydrogen (secondary N) is 1. The fraction of sp³-hybridized carbons (Fsp3) is 0.909. The van der Waals surface area contributed by atoms with E-state index in [0.29, 0.717) is 18.5 Å². The lowest BCUT2D eigenvalue weighted by atomic mass is 9.99. The van der Waals surface area contributed by atoms with Crippen LogP contribution in [-0.2, 0) is 4.79 Å². The number of alkyl halides is 2. The van der Waals surface area contributed by atoms with Crippen molar-refractivity contribution in [1.82, 2.24) is 10.2 Å². The predicted octanol–water partition coefficient (Wildman–Crippen LogP) is 2.03. The number of carbonyl (C=O) groups excluding carboxylic acids is 1. The summed E-state index contributed by atoms with van der Waals surface area (Å²) in [4.78, 5) is 12.8. The van der Waals surface area contributed by atoms with Gasteiger partial charge in [-0.2, -0.15) is 0 Å². The Morgan fingerprint density at radius 1 is 1.50 bits per heavy atom. The molecule has 1 aliphatic heterocycles. The van der Waals surface area contributed by atoms with Gasteiger partial charge in [-0.3, -0.25) is 4.79 Å². The molecule has 2 atom stereocenters. The van der Waals surface area contributed by atoms with Gasteiger partial charge >= 0.3 is 0 Å². The maximum Gasteiger partial charge on any atom is 0.256 e. The van der Waals surface area contributed by atoms with Gasteiger partial charge in [0.2, 0.25) is 0 Å². The van der Waals surface area contributed by atoms with Crippen LogP contribution in [0, 0.1) is 5.92 Å². The van der Waals surface area contributed by atoms with Crippen molar-refractivity contribution in [3.63, 3.8) is 0 Å². The SMILES string of the molecule is CC(C)CC1CNC(C)CN1C(=O)C(Cl)Cl. The minimum atomic E-state index is -0.944. The van der Waals surface area contributed by atoms with Crippen LogP contribution in [-0.4, -0.2) is 40.8 Å². The molecule has 1 amide bonds. The van der Waals surface area contributed by atoms with Crippen LogP contribution in [0.25, 0.3) is 0 Å². The summed E-state index contributed by atoms with van der Waals surface area (Å²) in [5, 5.41) is 3.38. The number of nitrogens with zero attached hydrogens (tertiary/aromatic N) is 1. The van der Waals surface area contributed by atoms with Crippen LogP contribution in [0.2, 0.25) is 0 Å². The average molecular weight is 267 g/mol. The van der Waals surface area contributed by atoms with Crippen molar-refractivity contribution in [2.24, 2.45) is 5.92 Å². The highest BCUT2D eigenvalue weighted by Crippen LogP contribution is 2.19. The maximum atomic E-state index is 11.9. The Labute approximate surface area is 107 Å². The van der Waals surface area contributed by atoms with Crippen molar-refractivity contribution in [3.8, 4) is 0 Å². The Balaban J connectivity index is 2.68. The molecule has 0 aliphatic carbocycles. The van der Waals surface area contributed by atoms with Gasteiger partial charge in [0.05, 0.1) is 0 Å². The van der Waals surface area contributed by atoms with Crippen LogP contribution in [0.15, 0.2) is 0 Å². The quantitative estimate of drug-likeness (QED) is 0.793. The number of hydrogen-bond donors (Lipinski definition) is 1. The molecule has 16 heavy (non-hydrogen) atoms. The van der Waals surface area contributed by atoms with Gasteiger partial charge in [0.25, 0.3) is 5.91 Å². The smallest absolute Gasteiger partial charge is 0.256 e. The Hall–Kier alpha value is 0.01000. The number of hydrogen-bond acceptors (Lipinski definition) is 2. The van der Waals surface area contributed by atoms with Crippen LogP contribution in [0.4, 0.5) is 0 Å². The summed E-state index contributed by atoms with van der Waals surface area (Å²) < 4.78 is 0. The zero-order valence-electron chi connectivity index (χ0n) is 10.0. The first-order valence-corrected chi connectivity index (χ1v) is 6.61. The van der Waals surface area contributed by atoms with Gasteiger partial charge in [0.1, 0.15) is 0 Å². The molecule has 0 aromatic heterocycles. The molecule has 1 fully saturated rings. The minimum absolute atomic E-state index is 0.165. The van der Waals surface area contributed by atoms with E-state index in [9.17, 15) is 4.79 Å². The first-order chi connectivity index (χ1) is 7.41. The largest absolute Gasteiger partial charge is 0.335 e. The van der Waals surface area contributed by atoms with Gasteiger partial charge in [-0.1, -0.05) is 37.0 Å². The van der Waals surface area contributed by atoms with Crippen molar-refractivity contribution in [2.75, 3.05) is 13.1 Å². The molecular formula is C11H20Cl2N2O. The van der Waals surface area contributed by atoms with E-state index in [4.69, 9.17) is 23.2 Å². The number of halogens is 2. The van der Waals surface area contributed by atoms with Crippen molar-refractivity contribution < 1.29 is 4.79 Å². The molecule has 1 aliphatic rings. The summed E-state index contributed by atoms with van der Waals surface area (Å²) in [7, 11) is 0. The fourth-order valence-corrected chi connectivity index (χ4v) is 2.36. The molecule has 0 saturated carbocycles. The first kappa shape index (κ1) is 14.1. The molecule has 1 saturated heterocycles. The highest BCUT2D eigenvalue weighted by Gasteiger charge is 2.32. The van der Waals surface area contributed by atoms with Gasteiger partial charge < -0.3 is 10.2 Å². The van der Waals surface area contributed by atoms with E-state index in [1.165, 1.54) is 0 Å². The second-order valence-electron chi connectivity index (χ2n) is 4.88. The van der Waals surface area contributed by atoms with Crippen molar-refractivity contribution in [2.45, 2.75) is 44.1 Å². The van der Waals surface area contributed by atoms with E-state index in [1.54, 1.807) is 0 Å². The summed E-state index contributed by atoms with van der Waals surface area (Å²) >= 11 is 11.3. The summed E-state index contributed by atoms with van der Waals surface area (Å²) in [6, 6.07) is 0.517. The van der Waals surface area contributed by atoms with Crippen LogP contribution in [0.5, 0.6) is 0 Å². The average Bonchev–Trinajstić information content (AvgIpc) is 2.18. The van der Waals surface area contributed by atoms with Gasteiger partial charge in [-0.05, 0) is 19.3 Å². The van der Waals surface area contributed by atoms with Crippen LogP contribution in [0.1, 0.15) is 27.2 Å². The van der Waals surface area contributed by atoms with Crippen molar-refractivity contribution in [1.29, 1.82) is 0 Å². The summed E-state index contributed by atoms with van der Waals surface area (Å²) in [6.45, 7) is 7.88. The summed E-state index contributed by atoms with van der Waals surface area (Å²) in [5.74, 6) is 0.391. The fourth-order valence-electron chi connectivity index (χ4n) is 2.11. The molecule has 3 nitrogen and oxygen atoms in total. The lowest BCUT2D eigenvalue weighted by Gasteiger charge is -2.40. The number of piperazine rings is 1. The molecule has 94 valence electrons. The number of rotatable bonds is 3. The zero-order valence-corrected chi connectivity index (χ0v) is 11.6. The summed E-state index contributed by atoms with van der Waals surface area (Å²) in [6.07, 6.45) is 0.978. The first-order valence-electron chi connectivity index (χ1n) is 5.73. The predicted molar refractivity (Wildman–Crippen MR) is 67.9 cm³/mol. The van der Waals surface area contributed by atoms with Gasteiger partial charge in [0, 0.05) is 25.2 Å². The highest BCUT2D eigenvalue weighted by atomic mass is 35.5. The van der Waals surface area contributed by atoms with Crippen LogP contribution < -0.4 is 5.32 Å². The third-order valence-corrected chi connectivity index (χ3v) is 3.20. The van der Waals surface area contributed by atoms with Crippen molar-refractivity contribution in [3.05, 3.63) is 0 Å². The lowest BCUT2D eigenvalue weighted by molar-refractivity contribution is -0.133. The van der Waals surface area contributed by atoms with E-state index in [0.717, 1.165) is 13.0 Å². The molecule has 1 rings (SSSR count). The van der Waals surface area contributed by atoms with E-state index in [-0.39, 0.29) is 11.9 Å². The molecule has 2 unspecified atom stereocenters. The van der Waals surface area contributed by atoms with Crippen LogP contribution in [0.3, 0.4) is 0 Å². The van der Waals surface area contributed by atoms with E-state index >= 15 is 0 Å². The normalized spacial score (nSPS) is 26.6. The van der Waals surface area contributed by atoms with Gasteiger partial charge in [0.15, 0.2) is 4.84 Å². The molecule has 0 spiro atoms. The second kappa shape index (κ2) is 6.08. The molecule has 1 N–H and O–H groups in total. The highest BCUT2D eigenvalue weighted by molar-refractivity contribution is 6.53. The topological polar surface area (TPSA) is 32.3 Å². The third-order valence-electron chi connectivity index (χ3n) is 2.83. The number of carbonyl (C=O) groups is 1. The minimum Gasteiger partial charge on any atom is -0.335 e. The molecule has 0 aromatic rings. The molecule has 1 heterocycles. The van der Waals surface area contributed by atoms with E-state index in [2.05, 4.69) is 26.1 Å². The molecular weight excluding hydrogens is 247 g/mol.